The molecule has 3 rings (SSSR count). The molecule has 24 heavy (non-hydrogen) atoms. The number of nitriles is 1. The molecule has 0 unspecified atom stereocenters. The predicted molar refractivity (Wildman–Crippen MR) is 85.7 cm³/mol. The molecular weight excluding hydrogens is 308 g/mol. The van der Waals surface area contributed by atoms with Crippen molar-refractivity contribution < 1.29 is 9.53 Å². The number of aromatic amines is 1. The van der Waals surface area contributed by atoms with E-state index in [1.165, 1.54) is 16.8 Å². The van der Waals surface area contributed by atoms with E-state index < -0.39 is 5.97 Å². The smallest absolute Gasteiger partial charge is 0.343 e. The minimum Gasteiger partial charge on any atom is -0.462 e. The average Bonchev–Trinajstić information content (AvgIpc) is 3.00. The molecule has 2 heterocycles. The third kappa shape index (κ3) is 2.90. The van der Waals surface area contributed by atoms with E-state index in [2.05, 4.69) is 16.2 Å². The molecule has 0 radical (unpaired) electrons. The normalized spacial score (nSPS) is 10.5. The Balaban J connectivity index is 1.99. The van der Waals surface area contributed by atoms with Gasteiger partial charge in [-0.1, -0.05) is 12.1 Å². The summed E-state index contributed by atoms with van der Waals surface area (Å²) in [6, 6.07) is 10.5. The first-order valence-corrected chi connectivity index (χ1v) is 7.38. The van der Waals surface area contributed by atoms with Gasteiger partial charge in [0.1, 0.15) is 5.56 Å². The first-order valence-electron chi connectivity index (χ1n) is 7.38. The highest BCUT2D eigenvalue weighted by atomic mass is 16.5. The highest BCUT2D eigenvalue weighted by molar-refractivity contribution is 5.95. The number of carbonyl (C=O) groups is 1. The van der Waals surface area contributed by atoms with Crippen molar-refractivity contribution in [2.24, 2.45) is 0 Å². The lowest BCUT2D eigenvalue weighted by molar-refractivity contribution is 0.0528. The van der Waals surface area contributed by atoms with Gasteiger partial charge in [-0.3, -0.25) is 9.89 Å². The second-order valence-corrected chi connectivity index (χ2v) is 5.14. The number of hydrogen-bond donors (Lipinski definition) is 1. The summed E-state index contributed by atoms with van der Waals surface area (Å²) in [7, 11) is 0. The zero-order valence-corrected chi connectivity index (χ0v) is 12.9. The molecular formula is C17H14N4O3. The third-order valence-corrected chi connectivity index (χ3v) is 3.51. The van der Waals surface area contributed by atoms with Gasteiger partial charge in [-0.05, 0) is 24.6 Å². The number of fused-ring (bicyclic) bond motifs is 1. The molecule has 2 aromatic heterocycles. The number of hydrogen-bond acceptors (Lipinski definition) is 5. The van der Waals surface area contributed by atoms with Crippen LogP contribution in [0, 0.1) is 11.3 Å². The number of benzene rings is 1. The lowest BCUT2D eigenvalue weighted by atomic mass is 10.1. The monoisotopic (exact) mass is 322 g/mol. The van der Waals surface area contributed by atoms with Crippen LogP contribution in [0.2, 0.25) is 0 Å². The maximum Gasteiger partial charge on any atom is 0.343 e. The Morgan fingerprint density at radius 2 is 2.12 bits per heavy atom. The van der Waals surface area contributed by atoms with Gasteiger partial charge < -0.3 is 4.74 Å². The van der Waals surface area contributed by atoms with Crippen LogP contribution in [0.4, 0.5) is 0 Å². The van der Waals surface area contributed by atoms with Crippen molar-refractivity contribution in [3.63, 3.8) is 0 Å². The minimum absolute atomic E-state index is 0.218. The van der Waals surface area contributed by atoms with Crippen molar-refractivity contribution in [2.75, 3.05) is 6.61 Å². The van der Waals surface area contributed by atoms with E-state index in [1.54, 1.807) is 19.1 Å². The first-order chi connectivity index (χ1) is 11.6. The van der Waals surface area contributed by atoms with Crippen molar-refractivity contribution in [3.8, 4) is 6.07 Å². The van der Waals surface area contributed by atoms with Gasteiger partial charge in [-0.2, -0.15) is 5.26 Å². The molecule has 1 N–H and O–H groups in total. The molecule has 0 atom stereocenters. The fourth-order valence-electron chi connectivity index (χ4n) is 2.38. The number of H-pyrrole nitrogens is 1. The van der Waals surface area contributed by atoms with Gasteiger partial charge >= 0.3 is 5.97 Å². The Labute approximate surface area is 137 Å². The van der Waals surface area contributed by atoms with Crippen LogP contribution >= 0.6 is 0 Å². The molecule has 3 aromatic rings. The van der Waals surface area contributed by atoms with Crippen molar-refractivity contribution in [3.05, 3.63) is 69.3 Å². The molecule has 1 aromatic carbocycles. The number of ether oxygens (including phenoxy) is 1. The number of aromatic nitrogens is 3. The fourth-order valence-corrected chi connectivity index (χ4v) is 2.38. The van der Waals surface area contributed by atoms with Gasteiger partial charge in [-0.25, -0.2) is 14.3 Å². The maximum absolute atomic E-state index is 12.2. The van der Waals surface area contributed by atoms with Crippen molar-refractivity contribution in [1.82, 2.24) is 14.6 Å². The van der Waals surface area contributed by atoms with Crippen LogP contribution in [0.15, 0.2) is 41.3 Å². The molecule has 0 spiro atoms. The van der Waals surface area contributed by atoms with Gasteiger partial charge in [0.25, 0.3) is 5.56 Å². The number of rotatable bonds is 4. The van der Waals surface area contributed by atoms with Crippen LogP contribution in [0.25, 0.3) is 5.65 Å². The summed E-state index contributed by atoms with van der Waals surface area (Å²) in [5, 5.41) is 11.5. The summed E-state index contributed by atoms with van der Waals surface area (Å²) in [5.74, 6) is -0.529. The molecule has 0 aliphatic rings. The first kappa shape index (κ1) is 15.5. The molecule has 7 nitrogen and oxygen atoms in total. The zero-order chi connectivity index (χ0) is 17.1. The second-order valence-electron chi connectivity index (χ2n) is 5.14. The minimum atomic E-state index is -0.529. The number of esters is 1. The van der Waals surface area contributed by atoms with E-state index in [0.717, 1.165) is 5.56 Å². The molecule has 0 amide bonds. The SMILES string of the molecule is CCOC(=O)c1c[nH]n2c(=O)cc(Cc3ccc(C#N)cc3)nc12. The van der Waals surface area contributed by atoms with E-state index in [0.29, 0.717) is 17.7 Å². The van der Waals surface area contributed by atoms with Crippen molar-refractivity contribution in [2.45, 2.75) is 13.3 Å². The number of nitrogens with zero attached hydrogens (tertiary/aromatic N) is 3. The molecule has 120 valence electrons. The van der Waals surface area contributed by atoms with Gasteiger partial charge in [0.15, 0.2) is 5.65 Å². The molecule has 0 fully saturated rings. The molecule has 7 heteroatoms. The summed E-state index contributed by atoms with van der Waals surface area (Å²) in [5.41, 5.74) is 2.17. The Kier molecular flexibility index (Phi) is 4.12. The second kappa shape index (κ2) is 6.38. The Bertz CT molecular complexity index is 993. The van der Waals surface area contributed by atoms with Crippen LogP contribution in [0.5, 0.6) is 0 Å². The number of nitrogens with one attached hydrogen (secondary N) is 1. The lowest BCUT2D eigenvalue weighted by Crippen LogP contribution is -2.16. The largest absolute Gasteiger partial charge is 0.462 e. The van der Waals surface area contributed by atoms with Gasteiger partial charge in [0, 0.05) is 18.7 Å². The van der Waals surface area contributed by atoms with Crippen LogP contribution in [-0.4, -0.2) is 27.2 Å². The van der Waals surface area contributed by atoms with Crippen LogP contribution < -0.4 is 5.56 Å². The summed E-state index contributed by atoms with van der Waals surface area (Å²) < 4.78 is 6.18. The van der Waals surface area contributed by atoms with Crippen LogP contribution in [-0.2, 0) is 11.2 Å². The molecule has 0 bridgehead atoms. The van der Waals surface area contributed by atoms with Gasteiger partial charge in [-0.15, -0.1) is 0 Å². The van der Waals surface area contributed by atoms with Crippen LogP contribution in [0.3, 0.4) is 0 Å². The lowest BCUT2D eigenvalue weighted by Gasteiger charge is -2.03. The maximum atomic E-state index is 12.2. The summed E-state index contributed by atoms with van der Waals surface area (Å²) in [4.78, 5) is 28.5. The van der Waals surface area contributed by atoms with Crippen LogP contribution in [0.1, 0.15) is 34.1 Å². The highest BCUT2D eigenvalue weighted by Crippen LogP contribution is 2.12. The van der Waals surface area contributed by atoms with Crippen molar-refractivity contribution >= 4 is 11.6 Å². The topological polar surface area (TPSA) is 100 Å². The summed E-state index contributed by atoms with van der Waals surface area (Å²) in [6.07, 6.45) is 1.83. The summed E-state index contributed by atoms with van der Waals surface area (Å²) >= 11 is 0. The Morgan fingerprint density at radius 3 is 2.79 bits per heavy atom. The zero-order valence-electron chi connectivity index (χ0n) is 12.9. The van der Waals surface area contributed by atoms with Gasteiger partial charge in [0.05, 0.1) is 23.9 Å². The molecule has 0 aliphatic carbocycles. The highest BCUT2D eigenvalue weighted by Gasteiger charge is 2.16. The van der Waals surface area contributed by atoms with E-state index in [4.69, 9.17) is 10.00 Å². The standard InChI is InChI=1S/C17H14N4O3/c1-2-24-17(23)14-10-19-21-15(22)8-13(20-16(14)21)7-11-3-5-12(9-18)6-4-11/h3-6,8,10,19H,2,7H2,1H3. The van der Waals surface area contributed by atoms with E-state index in [-0.39, 0.29) is 23.4 Å². The molecule has 0 saturated heterocycles. The fraction of sp³-hybridized carbons (Fsp3) is 0.176. The number of carbonyl (C=O) groups excluding carboxylic acids is 1. The van der Waals surface area contributed by atoms with Crippen molar-refractivity contribution in [1.29, 1.82) is 5.26 Å². The van der Waals surface area contributed by atoms with Gasteiger partial charge in [0.2, 0.25) is 0 Å². The van der Waals surface area contributed by atoms with E-state index >= 15 is 0 Å². The quantitative estimate of drug-likeness (QED) is 0.736. The Morgan fingerprint density at radius 1 is 1.38 bits per heavy atom. The average molecular weight is 322 g/mol. The van der Waals surface area contributed by atoms with E-state index in [9.17, 15) is 9.59 Å². The summed E-state index contributed by atoms with van der Waals surface area (Å²) in [6.45, 7) is 1.95. The Hall–Kier alpha value is -3.40. The molecule has 0 saturated carbocycles. The molecule has 0 aliphatic heterocycles. The third-order valence-electron chi connectivity index (χ3n) is 3.51. The predicted octanol–water partition coefficient (Wildman–Crippen LogP) is 1.66. The van der Waals surface area contributed by atoms with E-state index in [1.807, 2.05) is 12.1 Å².